The van der Waals surface area contributed by atoms with E-state index in [1.165, 1.54) is 7.11 Å². The second-order valence-electron chi connectivity index (χ2n) is 6.65. The molecule has 2 heterocycles. The number of ether oxygens (including phenoxy) is 1. The molecule has 0 aromatic carbocycles. The minimum atomic E-state index is -3.77. The Morgan fingerprint density at radius 3 is 2.83 bits per heavy atom. The Hall–Kier alpha value is -0.830. The van der Waals surface area contributed by atoms with Gasteiger partial charge in [-0.15, -0.1) is 0 Å². The first-order valence-electron chi connectivity index (χ1n) is 8.03. The van der Waals surface area contributed by atoms with Crippen LogP contribution in [0.1, 0.15) is 26.7 Å². The third kappa shape index (κ3) is 5.08. The number of hydrogen-bond donors (Lipinski definition) is 3. The average Bonchev–Trinajstić information content (AvgIpc) is 3.02. The Balaban J connectivity index is 1.78. The zero-order chi connectivity index (χ0) is 17.8. The molecule has 140 valence electrons. The summed E-state index contributed by atoms with van der Waals surface area (Å²) in [5, 5.41) is 5.76. The molecule has 0 aromatic heterocycles. The van der Waals surface area contributed by atoms with Crippen molar-refractivity contribution in [2.75, 3.05) is 33.4 Å². The summed E-state index contributed by atoms with van der Waals surface area (Å²) < 4.78 is 20.7. The number of carbonyl (C=O) groups excluding carboxylic acids is 2. The molecule has 10 heteroatoms. The first kappa shape index (κ1) is 19.5. The van der Waals surface area contributed by atoms with Gasteiger partial charge in [0.1, 0.15) is 0 Å². The van der Waals surface area contributed by atoms with Crippen LogP contribution < -0.4 is 10.6 Å². The summed E-state index contributed by atoms with van der Waals surface area (Å²) in [6, 6.07) is 0. The summed E-state index contributed by atoms with van der Waals surface area (Å²) in [5.41, 5.74) is -0.627. The Labute approximate surface area is 142 Å². The van der Waals surface area contributed by atoms with Gasteiger partial charge in [-0.1, -0.05) is 0 Å². The molecule has 0 saturated carbocycles. The molecule has 3 N–H and O–H groups in total. The van der Waals surface area contributed by atoms with Crippen molar-refractivity contribution in [3.05, 3.63) is 0 Å². The van der Waals surface area contributed by atoms with Crippen molar-refractivity contribution in [2.45, 2.75) is 38.9 Å². The van der Waals surface area contributed by atoms with Gasteiger partial charge in [0, 0.05) is 0 Å². The van der Waals surface area contributed by atoms with E-state index in [-0.39, 0.29) is 31.6 Å². The topological polar surface area (TPSA) is 115 Å². The van der Waals surface area contributed by atoms with Gasteiger partial charge in [-0.05, 0) is 0 Å². The van der Waals surface area contributed by atoms with Gasteiger partial charge in [0.25, 0.3) is 0 Å². The molecule has 2 rings (SSSR count). The van der Waals surface area contributed by atoms with Crippen LogP contribution in [0.25, 0.3) is 0 Å². The fraction of sp³-hybridized carbons (Fsp3) is 0.857. The van der Waals surface area contributed by atoms with E-state index in [1.54, 1.807) is 13.8 Å². The van der Waals surface area contributed by atoms with E-state index in [2.05, 4.69) is 10.6 Å². The first-order valence-corrected chi connectivity index (χ1v) is 9.70. The fourth-order valence-corrected chi connectivity index (χ4v) is 4.13. The monoisotopic (exact) mass is 366 g/mol. The molecule has 2 fully saturated rings. The molecule has 9 nitrogen and oxygen atoms in total. The van der Waals surface area contributed by atoms with Crippen LogP contribution in [0.2, 0.25) is 0 Å². The predicted molar refractivity (Wildman–Crippen MR) is 87.1 cm³/mol. The van der Waals surface area contributed by atoms with Crippen molar-refractivity contribution in [3.8, 4) is 0 Å². The Morgan fingerprint density at radius 1 is 1.46 bits per heavy atom. The minimum absolute atomic E-state index is 0.0812. The molecule has 0 aliphatic carbocycles. The van der Waals surface area contributed by atoms with Crippen LogP contribution in [-0.4, -0.2) is 62.3 Å². The molecule has 1 unspecified atom stereocenters. The summed E-state index contributed by atoms with van der Waals surface area (Å²) in [5.74, 6) is -0.763. The van der Waals surface area contributed by atoms with E-state index in [9.17, 15) is 14.5 Å². The van der Waals surface area contributed by atoms with Gasteiger partial charge in [0.2, 0.25) is 0 Å². The van der Waals surface area contributed by atoms with E-state index in [1.807, 2.05) is 0 Å². The van der Waals surface area contributed by atoms with Crippen molar-refractivity contribution >= 4 is 20.0 Å². The molecule has 0 spiro atoms. The van der Waals surface area contributed by atoms with Crippen LogP contribution in [-0.2, 0) is 27.9 Å². The van der Waals surface area contributed by atoms with E-state index in [4.69, 9.17) is 18.3 Å². The van der Waals surface area contributed by atoms with Crippen LogP contribution in [0.5, 0.6) is 0 Å². The number of amides is 1. The van der Waals surface area contributed by atoms with Crippen molar-refractivity contribution in [1.82, 2.24) is 10.6 Å². The van der Waals surface area contributed by atoms with Gasteiger partial charge in [0.05, 0.1) is 0 Å². The van der Waals surface area contributed by atoms with Crippen LogP contribution >= 0.6 is 8.17 Å². The van der Waals surface area contributed by atoms with E-state index in [0.717, 1.165) is 13.0 Å². The quantitative estimate of drug-likeness (QED) is 0.441. The normalized spacial score (nSPS) is 29.7. The maximum absolute atomic E-state index is 12.3. The third-order valence-electron chi connectivity index (χ3n) is 4.04. The number of hydrogen-bond acceptors (Lipinski definition) is 8. The molecule has 2 aliphatic rings. The molecule has 24 heavy (non-hydrogen) atoms. The summed E-state index contributed by atoms with van der Waals surface area (Å²) in [4.78, 5) is 34.1. The number of nitrogens with one attached hydrogen (secondary N) is 2. The maximum atomic E-state index is 12.3. The van der Waals surface area contributed by atoms with Crippen LogP contribution in [0.15, 0.2) is 0 Å². The summed E-state index contributed by atoms with van der Waals surface area (Å²) in [6.45, 7) is 5.38. The van der Waals surface area contributed by atoms with Crippen molar-refractivity contribution < 1.29 is 32.8 Å². The van der Waals surface area contributed by atoms with Gasteiger partial charge >= 0.3 is 141 Å². The van der Waals surface area contributed by atoms with Crippen LogP contribution in [0, 0.1) is 5.41 Å². The zero-order valence-electron chi connectivity index (χ0n) is 14.3. The fourth-order valence-electron chi connectivity index (χ4n) is 2.56. The van der Waals surface area contributed by atoms with E-state index < -0.39 is 25.6 Å². The second kappa shape index (κ2) is 8.03. The first-order chi connectivity index (χ1) is 11.3. The zero-order valence-corrected chi connectivity index (χ0v) is 15.3. The van der Waals surface area contributed by atoms with Gasteiger partial charge in [-0.3, -0.25) is 0 Å². The number of carbonyl (C=O) groups is 2. The molecular weight excluding hydrogens is 339 g/mol. The Kier molecular flexibility index (Phi) is 6.52. The molecule has 1 amide bonds. The summed E-state index contributed by atoms with van der Waals surface area (Å²) in [7, 11) is -2.50. The molecule has 2 atom stereocenters. The van der Waals surface area contributed by atoms with E-state index >= 15 is 0 Å². The molecular formula is C14H27N2O7P. The van der Waals surface area contributed by atoms with Crippen LogP contribution in [0.3, 0.4) is 0 Å². The van der Waals surface area contributed by atoms with Crippen molar-refractivity contribution in [2.24, 2.45) is 5.41 Å². The van der Waals surface area contributed by atoms with E-state index in [0.29, 0.717) is 6.54 Å². The molecule has 0 radical (unpaired) electrons. The van der Waals surface area contributed by atoms with Gasteiger partial charge < -0.3 is 0 Å². The van der Waals surface area contributed by atoms with Gasteiger partial charge in [-0.2, -0.15) is 0 Å². The number of rotatable bonds is 6. The Bertz CT molecular complexity index is 470. The number of esters is 1. The van der Waals surface area contributed by atoms with Crippen molar-refractivity contribution in [1.29, 1.82) is 0 Å². The SMILES string of the molecule is CO[PH]1(O)OCC(C)(C)[C@H](C(=O)NCCC(=O)OC2CCNC2)O1. The average molecular weight is 366 g/mol. The summed E-state index contributed by atoms with van der Waals surface area (Å²) >= 11 is 0. The van der Waals surface area contributed by atoms with Crippen molar-refractivity contribution in [3.63, 3.8) is 0 Å². The standard InChI is InChI=1S/C14H27N2O7P/c1-14(2)9-21-24(19,20-3)23-12(14)13(18)16-7-5-11(17)22-10-4-6-15-8-10/h10,12,15,19,24H,4-9H2,1-3H3,(H,16,18)/t10?,12-/m0/s1. The van der Waals surface area contributed by atoms with Crippen LogP contribution in [0.4, 0.5) is 0 Å². The summed E-state index contributed by atoms with van der Waals surface area (Å²) in [6.07, 6.45) is -0.119. The molecule has 0 aromatic rings. The Morgan fingerprint density at radius 2 is 2.21 bits per heavy atom. The second-order valence-corrected chi connectivity index (χ2v) is 8.63. The predicted octanol–water partition coefficient (Wildman–Crippen LogP) is -0.112. The van der Waals surface area contributed by atoms with Gasteiger partial charge in [0.15, 0.2) is 0 Å². The van der Waals surface area contributed by atoms with Gasteiger partial charge in [-0.25, -0.2) is 0 Å². The molecule has 0 bridgehead atoms. The molecule has 2 aliphatic heterocycles. The third-order valence-corrected chi connectivity index (χ3v) is 5.60. The molecule has 2 saturated heterocycles.